The Morgan fingerprint density at radius 1 is 0.955 bits per heavy atom. The third-order valence-corrected chi connectivity index (χ3v) is 4.73. The molecule has 3 heteroatoms. The van der Waals surface area contributed by atoms with Crippen LogP contribution in [0.4, 0.5) is 5.69 Å². The summed E-state index contributed by atoms with van der Waals surface area (Å²) in [7, 11) is 0. The van der Waals surface area contributed by atoms with Crippen LogP contribution in [0.2, 0.25) is 0 Å². The summed E-state index contributed by atoms with van der Waals surface area (Å²) >= 11 is 3.45. The summed E-state index contributed by atoms with van der Waals surface area (Å²) in [6, 6.07) is 20.3. The molecule has 0 radical (unpaired) electrons. The smallest absolute Gasteiger partial charge is 0.167 e. The van der Waals surface area contributed by atoms with E-state index in [4.69, 9.17) is 0 Å². The number of carbonyl (C=O) groups is 1. The minimum Gasteiger partial charge on any atom is -0.377 e. The topological polar surface area (TPSA) is 29.1 Å². The van der Waals surface area contributed by atoms with E-state index < -0.39 is 0 Å². The molecule has 0 amide bonds. The number of anilines is 1. The number of hydrogen-bond donors (Lipinski definition) is 1. The first kappa shape index (κ1) is 13.5. The van der Waals surface area contributed by atoms with Crippen LogP contribution in [0.5, 0.6) is 0 Å². The van der Waals surface area contributed by atoms with Gasteiger partial charge in [0.2, 0.25) is 0 Å². The Morgan fingerprint density at radius 2 is 1.73 bits per heavy atom. The van der Waals surface area contributed by atoms with Crippen LogP contribution in [-0.4, -0.2) is 5.78 Å². The normalized spacial score (nSPS) is 17.1. The molecule has 0 aromatic heterocycles. The van der Waals surface area contributed by atoms with Crippen molar-refractivity contribution >= 4 is 38.2 Å². The molecule has 1 atom stereocenters. The number of Topliss-reactive ketones (excluding diaryl/α,β-unsaturated/α-hetero) is 1. The first-order chi connectivity index (χ1) is 10.7. The van der Waals surface area contributed by atoms with Gasteiger partial charge in [-0.25, -0.2) is 0 Å². The molecule has 108 valence electrons. The van der Waals surface area contributed by atoms with Crippen molar-refractivity contribution in [1.29, 1.82) is 0 Å². The molecule has 0 spiro atoms. The average molecular weight is 352 g/mol. The lowest BCUT2D eigenvalue weighted by atomic mass is 9.89. The van der Waals surface area contributed by atoms with Gasteiger partial charge in [0.15, 0.2) is 5.78 Å². The minimum absolute atomic E-state index is 0.0364. The number of nitrogens with one attached hydrogen (secondary N) is 1. The van der Waals surface area contributed by atoms with Crippen molar-refractivity contribution in [3.63, 3.8) is 0 Å². The van der Waals surface area contributed by atoms with Gasteiger partial charge in [-0.05, 0) is 34.5 Å². The first-order valence-corrected chi connectivity index (χ1v) is 8.08. The Labute approximate surface area is 137 Å². The number of rotatable bonds is 1. The van der Waals surface area contributed by atoms with E-state index in [2.05, 4.69) is 39.4 Å². The summed E-state index contributed by atoms with van der Waals surface area (Å²) < 4.78 is 1.05. The molecule has 1 aliphatic rings. The zero-order valence-corrected chi connectivity index (χ0v) is 13.4. The zero-order valence-electron chi connectivity index (χ0n) is 11.8. The molecule has 1 N–H and O–H groups in total. The van der Waals surface area contributed by atoms with E-state index in [1.54, 1.807) is 0 Å². The van der Waals surface area contributed by atoms with E-state index in [-0.39, 0.29) is 11.8 Å². The molecule has 0 bridgehead atoms. The average Bonchev–Trinajstić information content (AvgIpc) is 2.55. The quantitative estimate of drug-likeness (QED) is 0.640. The van der Waals surface area contributed by atoms with E-state index in [1.807, 2.05) is 42.5 Å². The van der Waals surface area contributed by atoms with Crippen LogP contribution in [-0.2, 0) is 0 Å². The Balaban J connectivity index is 1.79. The van der Waals surface area contributed by atoms with Crippen molar-refractivity contribution in [2.45, 2.75) is 12.5 Å². The molecule has 0 aliphatic carbocycles. The van der Waals surface area contributed by atoms with Crippen molar-refractivity contribution in [3.05, 3.63) is 76.3 Å². The molecule has 3 aromatic rings. The Kier molecular flexibility index (Phi) is 3.23. The standard InChI is InChI=1S/C19H14BrNO/c20-14-8-5-13(6-9-14)17-11-18(22)19-15-4-2-1-3-12(15)7-10-16(19)21-17/h1-10,17,21H,11H2/t17-/m1/s1. The lowest BCUT2D eigenvalue weighted by Gasteiger charge is -2.27. The van der Waals surface area contributed by atoms with Gasteiger partial charge < -0.3 is 5.32 Å². The SMILES string of the molecule is O=C1C[C@H](c2ccc(Br)cc2)Nc2ccc3ccccc3c21. The van der Waals surface area contributed by atoms with E-state index in [0.29, 0.717) is 6.42 Å². The number of ketones is 1. The van der Waals surface area contributed by atoms with Gasteiger partial charge in [-0.15, -0.1) is 0 Å². The van der Waals surface area contributed by atoms with Crippen molar-refractivity contribution in [1.82, 2.24) is 0 Å². The highest BCUT2D eigenvalue weighted by atomic mass is 79.9. The van der Waals surface area contributed by atoms with Crippen molar-refractivity contribution < 1.29 is 4.79 Å². The lowest BCUT2D eigenvalue weighted by molar-refractivity contribution is 0.0974. The highest BCUT2D eigenvalue weighted by molar-refractivity contribution is 9.10. The molecule has 4 rings (SSSR count). The zero-order chi connectivity index (χ0) is 15.1. The second-order valence-electron chi connectivity index (χ2n) is 5.59. The summed E-state index contributed by atoms with van der Waals surface area (Å²) in [6.07, 6.45) is 0.489. The highest BCUT2D eigenvalue weighted by Gasteiger charge is 2.27. The molecule has 1 heterocycles. The molecule has 2 nitrogen and oxygen atoms in total. The monoisotopic (exact) mass is 351 g/mol. The van der Waals surface area contributed by atoms with Crippen LogP contribution in [0.3, 0.4) is 0 Å². The maximum Gasteiger partial charge on any atom is 0.167 e. The van der Waals surface area contributed by atoms with Crippen LogP contribution >= 0.6 is 15.9 Å². The van der Waals surface area contributed by atoms with Crippen molar-refractivity contribution in [3.8, 4) is 0 Å². The lowest BCUT2D eigenvalue weighted by Crippen LogP contribution is -2.23. The summed E-state index contributed by atoms with van der Waals surface area (Å²) in [5, 5.41) is 5.66. The molecule has 22 heavy (non-hydrogen) atoms. The predicted molar refractivity (Wildman–Crippen MR) is 93.4 cm³/mol. The number of hydrogen-bond acceptors (Lipinski definition) is 2. The van der Waals surface area contributed by atoms with E-state index in [9.17, 15) is 4.79 Å². The van der Waals surface area contributed by atoms with E-state index in [1.165, 1.54) is 0 Å². The van der Waals surface area contributed by atoms with Gasteiger partial charge in [0.25, 0.3) is 0 Å². The Morgan fingerprint density at radius 3 is 2.55 bits per heavy atom. The second kappa shape index (κ2) is 5.25. The molecular formula is C19H14BrNO. The van der Waals surface area contributed by atoms with Crippen LogP contribution in [0.1, 0.15) is 28.4 Å². The van der Waals surface area contributed by atoms with Gasteiger partial charge in [0.05, 0.1) is 6.04 Å². The van der Waals surface area contributed by atoms with Crippen molar-refractivity contribution in [2.75, 3.05) is 5.32 Å². The fourth-order valence-electron chi connectivity index (χ4n) is 3.11. The van der Waals surface area contributed by atoms with Crippen LogP contribution in [0.15, 0.2) is 65.1 Å². The predicted octanol–water partition coefficient (Wildman–Crippen LogP) is 5.34. The molecular weight excluding hydrogens is 338 g/mol. The Bertz CT molecular complexity index is 870. The fourth-order valence-corrected chi connectivity index (χ4v) is 3.38. The number of carbonyl (C=O) groups excluding carboxylic acids is 1. The maximum atomic E-state index is 12.7. The summed E-state index contributed by atoms with van der Waals surface area (Å²) in [4.78, 5) is 12.7. The van der Waals surface area contributed by atoms with Gasteiger partial charge in [0.1, 0.15) is 0 Å². The Hall–Kier alpha value is -2.13. The van der Waals surface area contributed by atoms with Crippen LogP contribution in [0.25, 0.3) is 10.8 Å². The number of benzene rings is 3. The molecule has 0 unspecified atom stereocenters. The summed E-state index contributed by atoms with van der Waals surface area (Å²) in [5.74, 6) is 0.207. The molecule has 0 fully saturated rings. The van der Waals surface area contributed by atoms with Crippen LogP contribution < -0.4 is 5.32 Å². The van der Waals surface area contributed by atoms with Crippen LogP contribution in [0, 0.1) is 0 Å². The third-order valence-electron chi connectivity index (χ3n) is 4.20. The highest BCUT2D eigenvalue weighted by Crippen LogP contribution is 2.36. The fraction of sp³-hybridized carbons (Fsp3) is 0.105. The van der Waals surface area contributed by atoms with Gasteiger partial charge >= 0.3 is 0 Å². The molecule has 0 saturated carbocycles. The first-order valence-electron chi connectivity index (χ1n) is 7.29. The largest absolute Gasteiger partial charge is 0.377 e. The van der Waals surface area contributed by atoms with Gasteiger partial charge in [-0.3, -0.25) is 4.79 Å². The van der Waals surface area contributed by atoms with Gasteiger partial charge in [-0.2, -0.15) is 0 Å². The summed E-state index contributed by atoms with van der Waals surface area (Å²) in [5.41, 5.74) is 2.89. The number of fused-ring (bicyclic) bond motifs is 3. The maximum absolute atomic E-state index is 12.7. The molecule has 0 saturated heterocycles. The second-order valence-corrected chi connectivity index (χ2v) is 6.50. The number of halogens is 1. The molecule has 1 aliphatic heterocycles. The minimum atomic E-state index is 0.0364. The van der Waals surface area contributed by atoms with E-state index in [0.717, 1.165) is 32.1 Å². The third kappa shape index (κ3) is 2.22. The van der Waals surface area contributed by atoms with Crippen molar-refractivity contribution in [2.24, 2.45) is 0 Å². The molecule has 3 aromatic carbocycles. The van der Waals surface area contributed by atoms with E-state index >= 15 is 0 Å². The van der Waals surface area contributed by atoms with Gasteiger partial charge in [0, 0.05) is 22.1 Å². The summed E-state index contributed by atoms with van der Waals surface area (Å²) in [6.45, 7) is 0. The van der Waals surface area contributed by atoms with Gasteiger partial charge in [-0.1, -0.05) is 58.4 Å².